The first-order chi connectivity index (χ1) is 12.5. The maximum Gasteiger partial charge on any atom is 0.317 e. The van der Waals surface area contributed by atoms with Gasteiger partial charge in [-0.2, -0.15) is 0 Å². The molecule has 1 atom stereocenters. The Bertz CT molecular complexity index is 748. The van der Waals surface area contributed by atoms with E-state index in [1.54, 1.807) is 4.90 Å². The van der Waals surface area contributed by atoms with Crippen LogP contribution in [-0.2, 0) is 22.7 Å². The van der Waals surface area contributed by atoms with Crippen LogP contribution in [0.3, 0.4) is 0 Å². The summed E-state index contributed by atoms with van der Waals surface area (Å²) in [5.74, 6) is 1.16. The number of rotatable bonds is 6. The predicted octanol–water partition coefficient (Wildman–Crippen LogP) is 2.16. The summed E-state index contributed by atoms with van der Waals surface area (Å²) in [5, 5.41) is 2.86. The molecule has 1 saturated heterocycles. The van der Waals surface area contributed by atoms with Gasteiger partial charge in [-0.1, -0.05) is 12.1 Å². The molecule has 1 heterocycles. The number of nitrogens with one attached hydrogen (secondary N) is 1. The van der Waals surface area contributed by atoms with Gasteiger partial charge < -0.3 is 15.0 Å². The molecule has 1 aromatic rings. The van der Waals surface area contributed by atoms with Gasteiger partial charge in [0.1, 0.15) is 12.4 Å². The average molecular weight is 381 g/mol. The van der Waals surface area contributed by atoms with Crippen molar-refractivity contribution in [3.63, 3.8) is 0 Å². The zero-order valence-corrected chi connectivity index (χ0v) is 16.2. The molecule has 1 aliphatic heterocycles. The van der Waals surface area contributed by atoms with E-state index in [4.69, 9.17) is 4.74 Å². The van der Waals surface area contributed by atoms with Crippen molar-refractivity contribution in [2.75, 3.05) is 31.2 Å². The topological polar surface area (TPSA) is 75.7 Å². The van der Waals surface area contributed by atoms with Crippen molar-refractivity contribution in [3.8, 4) is 5.75 Å². The lowest BCUT2D eigenvalue weighted by Crippen LogP contribution is -2.47. The Labute approximate surface area is 155 Å². The number of nitrogens with zero attached hydrogens (tertiary/aromatic N) is 1. The van der Waals surface area contributed by atoms with E-state index < -0.39 is 9.84 Å². The first-order valence-electron chi connectivity index (χ1n) is 9.48. The molecule has 2 amide bonds. The third-order valence-electron chi connectivity index (χ3n) is 5.24. The summed E-state index contributed by atoms with van der Waals surface area (Å²) in [6, 6.07) is 5.75. The van der Waals surface area contributed by atoms with Crippen molar-refractivity contribution in [2.45, 2.75) is 45.1 Å². The number of sulfone groups is 1. The van der Waals surface area contributed by atoms with E-state index in [1.165, 1.54) is 24.0 Å². The van der Waals surface area contributed by atoms with E-state index in [0.29, 0.717) is 26.1 Å². The highest BCUT2D eigenvalue weighted by atomic mass is 32.2. The molecule has 26 heavy (non-hydrogen) atoms. The molecule has 2 aliphatic rings. The lowest BCUT2D eigenvalue weighted by molar-refractivity contribution is 0.181. The molecule has 0 bridgehead atoms. The SMILES string of the molecule is CCN(C(=O)NCCOc1cccc2c1CCCC2)C1CCS(=O)(=O)C1. The number of hydrogen-bond donors (Lipinski definition) is 1. The summed E-state index contributed by atoms with van der Waals surface area (Å²) in [5.41, 5.74) is 2.67. The number of ether oxygens (including phenoxy) is 1. The molecule has 1 unspecified atom stereocenters. The van der Waals surface area contributed by atoms with Gasteiger partial charge in [-0.25, -0.2) is 13.2 Å². The van der Waals surface area contributed by atoms with Gasteiger partial charge >= 0.3 is 6.03 Å². The summed E-state index contributed by atoms with van der Waals surface area (Å²) >= 11 is 0. The van der Waals surface area contributed by atoms with Gasteiger partial charge in [0.05, 0.1) is 18.1 Å². The first-order valence-corrected chi connectivity index (χ1v) is 11.3. The number of aryl methyl sites for hydroxylation is 1. The fraction of sp³-hybridized carbons (Fsp3) is 0.632. The quantitative estimate of drug-likeness (QED) is 0.768. The Morgan fingerprint density at radius 1 is 1.31 bits per heavy atom. The Kier molecular flexibility index (Phi) is 6.06. The molecule has 3 rings (SSSR count). The standard InChI is InChI=1S/C19H28N2O4S/c1-2-21(16-10-13-26(23,24)14-16)19(22)20-11-12-25-18-9-5-7-15-6-3-4-8-17(15)18/h5,7,9,16H,2-4,6,8,10-14H2,1H3,(H,20,22). The number of fused-ring (bicyclic) bond motifs is 1. The number of carbonyl (C=O) groups is 1. The largest absolute Gasteiger partial charge is 0.491 e. The Morgan fingerprint density at radius 2 is 2.12 bits per heavy atom. The van der Waals surface area contributed by atoms with Crippen molar-refractivity contribution in [1.82, 2.24) is 10.2 Å². The monoisotopic (exact) mass is 380 g/mol. The summed E-state index contributed by atoms with van der Waals surface area (Å²) in [6.45, 7) is 3.18. The summed E-state index contributed by atoms with van der Waals surface area (Å²) in [6.07, 6.45) is 5.11. The van der Waals surface area contributed by atoms with E-state index in [0.717, 1.165) is 18.6 Å². The van der Waals surface area contributed by atoms with Gasteiger partial charge in [-0.3, -0.25) is 0 Å². The molecule has 1 aliphatic carbocycles. The molecule has 0 saturated carbocycles. The highest BCUT2D eigenvalue weighted by Gasteiger charge is 2.33. The van der Waals surface area contributed by atoms with Crippen LogP contribution in [0, 0.1) is 0 Å². The van der Waals surface area contributed by atoms with E-state index in [2.05, 4.69) is 11.4 Å². The first kappa shape index (κ1) is 19.0. The lowest BCUT2D eigenvalue weighted by atomic mass is 9.91. The lowest BCUT2D eigenvalue weighted by Gasteiger charge is -2.27. The van der Waals surface area contributed by atoms with Crippen LogP contribution in [0.15, 0.2) is 18.2 Å². The Balaban J connectivity index is 1.48. The zero-order chi connectivity index (χ0) is 18.6. The molecule has 0 spiro atoms. The maximum atomic E-state index is 12.4. The molecule has 0 radical (unpaired) electrons. The van der Waals surface area contributed by atoms with Gasteiger partial charge in [0.2, 0.25) is 0 Å². The molecule has 1 N–H and O–H groups in total. The van der Waals surface area contributed by atoms with Crippen molar-refractivity contribution < 1.29 is 17.9 Å². The minimum atomic E-state index is -3.00. The van der Waals surface area contributed by atoms with E-state index in [-0.39, 0.29) is 23.6 Å². The fourth-order valence-electron chi connectivity index (χ4n) is 3.89. The smallest absolute Gasteiger partial charge is 0.317 e. The van der Waals surface area contributed by atoms with Crippen molar-refractivity contribution in [2.24, 2.45) is 0 Å². The van der Waals surface area contributed by atoms with E-state index in [9.17, 15) is 13.2 Å². The molecule has 1 aromatic carbocycles. The van der Waals surface area contributed by atoms with Gasteiger partial charge in [0.25, 0.3) is 0 Å². The van der Waals surface area contributed by atoms with Crippen LogP contribution in [0.2, 0.25) is 0 Å². The second-order valence-electron chi connectivity index (χ2n) is 7.02. The van der Waals surface area contributed by atoms with Crippen LogP contribution < -0.4 is 10.1 Å². The molecule has 0 aromatic heterocycles. The zero-order valence-electron chi connectivity index (χ0n) is 15.4. The number of amides is 2. The van der Waals surface area contributed by atoms with Crippen LogP contribution in [0.1, 0.15) is 37.3 Å². The van der Waals surface area contributed by atoms with Crippen molar-refractivity contribution in [1.29, 1.82) is 0 Å². The third kappa shape index (κ3) is 4.50. The van der Waals surface area contributed by atoms with Crippen LogP contribution in [-0.4, -0.2) is 56.6 Å². The molecule has 1 fully saturated rings. The van der Waals surface area contributed by atoms with Crippen LogP contribution >= 0.6 is 0 Å². The van der Waals surface area contributed by atoms with Crippen molar-refractivity contribution >= 4 is 15.9 Å². The van der Waals surface area contributed by atoms with Crippen molar-refractivity contribution in [3.05, 3.63) is 29.3 Å². The fourth-order valence-corrected chi connectivity index (χ4v) is 5.62. The minimum Gasteiger partial charge on any atom is -0.491 e. The van der Waals surface area contributed by atoms with Gasteiger partial charge in [-0.15, -0.1) is 0 Å². The number of urea groups is 1. The predicted molar refractivity (Wildman–Crippen MR) is 101 cm³/mol. The number of benzene rings is 1. The van der Waals surface area contributed by atoms with Gasteiger partial charge in [-0.05, 0) is 56.2 Å². The molecule has 144 valence electrons. The maximum absolute atomic E-state index is 12.4. The number of carbonyl (C=O) groups excluding carboxylic acids is 1. The van der Waals surface area contributed by atoms with Crippen LogP contribution in [0.25, 0.3) is 0 Å². The normalized spacial score (nSPS) is 21.0. The van der Waals surface area contributed by atoms with E-state index in [1.807, 2.05) is 19.1 Å². The van der Waals surface area contributed by atoms with Gasteiger partial charge in [0, 0.05) is 12.6 Å². The summed E-state index contributed by atoms with van der Waals surface area (Å²) < 4.78 is 29.2. The molecular weight excluding hydrogens is 352 g/mol. The Morgan fingerprint density at radius 3 is 2.85 bits per heavy atom. The minimum absolute atomic E-state index is 0.0703. The second kappa shape index (κ2) is 8.29. The molecular formula is C19H28N2O4S. The van der Waals surface area contributed by atoms with Crippen LogP contribution in [0.4, 0.5) is 4.79 Å². The highest BCUT2D eigenvalue weighted by molar-refractivity contribution is 7.91. The second-order valence-corrected chi connectivity index (χ2v) is 9.25. The molecule has 6 nitrogen and oxygen atoms in total. The number of hydrogen-bond acceptors (Lipinski definition) is 4. The third-order valence-corrected chi connectivity index (χ3v) is 6.99. The van der Waals surface area contributed by atoms with Gasteiger partial charge in [0.15, 0.2) is 9.84 Å². The Hall–Kier alpha value is -1.76. The highest BCUT2D eigenvalue weighted by Crippen LogP contribution is 2.29. The average Bonchev–Trinajstić information content (AvgIpc) is 2.99. The van der Waals surface area contributed by atoms with Crippen LogP contribution in [0.5, 0.6) is 5.75 Å². The summed E-state index contributed by atoms with van der Waals surface area (Å²) in [4.78, 5) is 14.0. The molecule has 7 heteroatoms. The summed E-state index contributed by atoms with van der Waals surface area (Å²) in [7, 11) is -3.00. The van der Waals surface area contributed by atoms with E-state index >= 15 is 0 Å².